The van der Waals surface area contributed by atoms with Crippen molar-refractivity contribution in [1.82, 2.24) is 5.32 Å². The number of amides is 1. The number of nitrogens with one attached hydrogen (secondary N) is 1. The second-order valence-corrected chi connectivity index (χ2v) is 6.32. The topological polar surface area (TPSA) is 73.6 Å². The summed E-state index contributed by atoms with van der Waals surface area (Å²) >= 11 is 0. The maximum absolute atomic E-state index is 12.3. The van der Waals surface area contributed by atoms with Crippen LogP contribution in [0.3, 0.4) is 0 Å². The van der Waals surface area contributed by atoms with Crippen molar-refractivity contribution in [3.63, 3.8) is 0 Å². The first-order chi connectivity index (χ1) is 10.8. The Balaban J connectivity index is 2.78. The van der Waals surface area contributed by atoms with E-state index < -0.39 is 0 Å². The van der Waals surface area contributed by atoms with Crippen molar-refractivity contribution in [2.24, 2.45) is 11.7 Å². The Morgan fingerprint density at radius 1 is 1.26 bits per heavy atom. The normalized spacial score (nSPS) is 11.4. The van der Waals surface area contributed by atoms with Crippen LogP contribution in [0.25, 0.3) is 0 Å². The van der Waals surface area contributed by atoms with Gasteiger partial charge in [-0.1, -0.05) is 27.7 Å². The molecule has 130 valence electrons. The highest BCUT2D eigenvalue weighted by Gasteiger charge is 2.21. The summed E-state index contributed by atoms with van der Waals surface area (Å²) in [6.45, 7) is 9.26. The summed E-state index contributed by atoms with van der Waals surface area (Å²) in [5, 5.41) is 2.90. The summed E-state index contributed by atoms with van der Waals surface area (Å²) in [6, 6.07) is 5.20. The molecule has 0 aliphatic rings. The van der Waals surface area contributed by atoms with Crippen LogP contribution < -0.4 is 20.5 Å². The van der Waals surface area contributed by atoms with E-state index in [1.54, 1.807) is 25.3 Å². The Labute approximate surface area is 139 Å². The molecule has 0 aliphatic heterocycles. The number of nitrogens with two attached hydrogens (primary N) is 1. The van der Waals surface area contributed by atoms with Gasteiger partial charge in [-0.3, -0.25) is 4.79 Å². The predicted molar refractivity (Wildman–Crippen MR) is 93.2 cm³/mol. The van der Waals surface area contributed by atoms with Gasteiger partial charge < -0.3 is 20.5 Å². The first kappa shape index (κ1) is 19.3. The molecule has 1 aromatic carbocycles. The fraction of sp³-hybridized carbons (Fsp3) is 0.611. The predicted octanol–water partition coefficient (Wildman–Crippen LogP) is 2.98. The molecule has 0 spiro atoms. The van der Waals surface area contributed by atoms with Gasteiger partial charge in [-0.15, -0.1) is 0 Å². The largest absolute Gasteiger partial charge is 0.493 e. The third kappa shape index (κ3) is 5.75. The number of carbonyl (C=O) groups is 1. The van der Waals surface area contributed by atoms with Gasteiger partial charge in [-0.25, -0.2) is 0 Å². The van der Waals surface area contributed by atoms with Crippen molar-refractivity contribution < 1.29 is 14.3 Å². The fourth-order valence-corrected chi connectivity index (χ4v) is 2.04. The van der Waals surface area contributed by atoms with Crippen LogP contribution in [0.1, 0.15) is 50.9 Å². The molecule has 0 saturated carbocycles. The average molecular weight is 322 g/mol. The lowest BCUT2D eigenvalue weighted by Crippen LogP contribution is -2.49. The van der Waals surface area contributed by atoms with Gasteiger partial charge in [0.1, 0.15) is 0 Å². The molecule has 1 rings (SSSR count). The number of rotatable bonds is 9. The van der Waals surface area contributed by atoms with Gasteiger partial charge in [0.25, 0.3) is 5.91 Å². The van der Waals surface area contributed by atoms with E-state index in [-0.39, 0.29) is 11.4 Å². The van der Waals surface area contributed by atoms with Gasteiger partial charge in [0.2, 0.25) is 0 Å². The Kier molecular flexibility index (Phi) is 7.36. The highest BCUT2D eigenvalue weighted by Crippen LogP contribution is 2.28. The molecule has 1 amide bonds. The number of methoxy groups -OCH3 is 1. The van der Waals surface area contributed by atoms with Crippen molar-refractivity contribution in [2.75, 3.05) is 20.3 Å². The minimum Gasteiger partial charge on any atom is -0.493 e. The molecule has 5 nitrogen and oxygen atoms in total. The first-order valence-electron chi connectivity index (χ1n) is 8.23. The van der Waals surface area contributed by atoms with Crippen LogP contribution in [0.5, 0.6) is 11.5 Å². The van der Waals surface area contributed by atoms with E-state index in [9.17, 15) is 4.79 Å². The molecule has 0 radical (unpaired) electrons. The molecule has 0 fully saturated rings. The smallest absolute Gasteiger partial charge is 0.251 e. The lowest BCUT2D eigenvalue weighted by molar-refractivity contribution is 0.0941. The molecule has 5 heteroatoms. The van der Waals surface area contributed by atoms with E-state index in [1.165, 1.54) is 0 Å². The Morgan fingerprint density at radius 2 is 1.91 bits per heavy atom. The van der Waals surface area contributed by atoms with E-state index in [0.717, 1.165) is 12.8 Å². The molecular weight excluding hydrogens is 292 g/mol. The van der Waals surface area contributed by atoms with E-state index in [4.69, 9.17) is 15.2 Å². The van der Waals surface area contributed by atoms with E-state index in [0.29, 0.717) is 36.1 Å². The minimum atomic E-state index is -0.361. The van der Waals surface area contributed by atoms with Gasteiger partial charge in [-0.2, -0.15) is 0 Å². The van der Waals surface area contributed by atoms with Crippen LogP contribution in [0.15, 0.2) is 18.2 Å². The van der Waals surface area contributed by atoms with Gasteiger partial charge in [0.15, 0.2) is 11.5 Å². The summed E-state index contributed by atoms with van der Waals surface area (Å²) in [4.78, 5) is 12.3. The second kappa shape index (κ2) is 8.77. The zero-order chi connectivity index (χ0) is 17.5. The van der Waals surface area contributed by atoms with Crippen LogP contribution in [-0.2, 0) is 0 Å². The fourth-order valence-electron chi connectivity index (χ4n) is 2.04. The Bertz CT molecular complexity index is 511. The van der Waals surface area contributed by atoms with Gasteiger partial charge in [0.05, 0.1) is 13.7 Å². The number of hydrogen-bond donors (Lipinski definition) is 2. The monoisotopic (exact) mass is 322 g/mol. The SMILES string of the molecule is CCC(N)(CC)CNC(=O)c1ccc(OCC(C)C)c(OC)c1. The Morgan fingerprint density at radius 3 is 2.43 bits per heavy atom. The third-order valence-electron chi connectivity index (χ3n) is 4.01. The van der Waals surface area contributed by atoms with Crippen LogP contribution in [0, 0.1) is 5.92 Å². The van der Waals surface area contributed by atoms with Crippen LogP contribution >= 0.6 is 0 Å². The minimum absolute atomic E-state index is 0.157. The number of hydrogen-bond acceptors (Lipinski definition) is 4. The average Bonchev–Trinajstić information content (AvgIpc) is 2.57. The van der Waals surface area contributed by atoms with Crippen molar-refractivity contribution in [3.05, 3.63) is 23.8 Å². The summed E-state index contributed by atoms with van der Waals surface area (Å²) in [5.74, 6) is 1.47. The van der Waals surface area contributed by atoms with Gasteiger partial charge in [0, 0.05) is 17.6 Å². The standard InChI is InChI=1S/C18H30N2O3/c1-6-18(19,7-2)12-20-17(21)14-8-9-15(16(10-14)22-5)23-11-13(3)4/h8-10,13H,6-7,11-12,19H2,1-5H3,(H,20,21). The molecule has 23 heavy (non-hydrogen) atoms. The third-order valence-corrected chi connectivity index (χ3v) is 4.01. The van der Waals surface area contributed by atoms with Crippen LogP contribution in [0.4, 0.5) is 0 Å². The molecule has 0 aromatic heterocycles. The van der Waals surface area contributed by atoms with Crippen molar-refractivity contribution in [3.8, 4) is 11.5 Å². The number of ether oxygens (including phenoxy) is 2. The summed E-state index contributed by atoms with van der Waals surface area (Å²) in [5.41, 5.74) is 6.39. The van der Waals surface area contributed by atoms with Crippen LogP contribution in [-0.4, -0.2) is 31.7 Å². The lowest BCUT2D eigenvalue weighted by atomic mass is 9.94. The Hall–Kier alpha value is -1.75. The van der Waals surface area contributed by atoms with E-state index >= 15 is 0 Å². The maximum Gasteiger partial charge on any atom is 0.251 e. The highest BCUT2D eigenvalue weighted by atomic mass is 16.5. The lowest BCUT2D eigenvalue weighted by Gasteiger charge is -2.26. The van der Waals surface area contributed by atoms with Crippen molar-refractivity contribution in [2.45, 2.75) is 46.1 Å². The molecule has 0 atom stereocenters. The first-order valence-corrected chi connectivity index (χ1v) is 8.23. The van der Waals surface area contributed by atoms with E-state index in [1.807, 2.05) is 13.8 Å². The quantitative estimate of drug-likeness (QED) is 0.733. The zero-order valence-corrected chi connectivity index (χ0v) is 14.9. The summed E-state index contributed by atoms with van der Waals surface area (Å²) < 4.78 is 11.0. The summed E-state index contributed by atoms with van der Waals surface area (Å²) in [7, 11) is 1.57. The molecule has 0 saturated heterocycles. The zero-order valence-electron chi connectivity index (χ0n) is 14.9. The number of benzene rings is 1. The molecule has 0 bridgehead atoms. The molecule has 0 heterocycles. The summed E-state index contributed by atoms with van der Waals surface area (Å²) in [6.07, 6.45) is 1.63. The van der Waals surface area contributed by atoms with Crippen molar-refractivity contribution >= 4 is 5.91 Å². The molecule has 0 aliphatic carbocycles. The molecule has 3 N–H and O–H groups in total. The highest BCUT2D eigenvalue weighted by molar-refractivity contribution is 5.94. The molecule has 0 unspecified atom stereocenters. The maximum atomic E-state index is 12.3. The van der Waals surface area contributed by atoms with Gasteiger partial charge >= 0.3 is 0 Å². The molecule has 1 aromatic rings. The van der Waals surface area contributed by atoms with Gasteiger partial charge in [-0.05, 0) is 37.0 Å². The number of carbonyl (C=O) groups excluding carboxylic acids is 1. The second-order valence-electron chi connectivity index (χ2n) is 6.32. The van der Waals surface area contributed by atoms with Crippen LogP contribution in [0.2, 0.25) is 0 Å². The van der Waals surface area contributed by atoms with E-state index in [2.05, 4.69) is 19.2 Å². The molecular formula is C18H30N2O3. The van der Waals surface area contributed by atoms with Crippen molar-refractivity contribution in [1.29, 1.82) is 0 Å².